The van der Waals surface area contributed by atoms with Crippen LogP contribution in [0.1, 0.15) is 0 Å². The van der Waals surface area contributed by atoms with Gasteiger partial charge in [-0.25, -0.2) is 9.59 Å². The molecule has 0 radical (unpaired) electrons. The van der Waals surface area contributed by atoms with E-state index in [0.29, 0.717) is 10.7 Å². The number of aliphatic hydroxyl groups is 1. The van der Waals surface area contributed by atoms with Crippen LogP contribution >= 0.6 is 34.2 Å². The molecule has 8 heteroatoms. The second-order valence-electron chi connectivity index (χ2n) is 3.31. The maximum absolute atomic E-state index is 11.4. The van der Waals surface area contributed by atoms with Crippen LogP contribution in [0.2, 0.25) is 5.02 Å². The predicted octanol–water partition coefficient (Wildman–Crippen LogP) is 1.51. The van der Waals surface area contributed by atoms with Gasteiger partial charge >= 0.3 is 12.0 Å². The number of amides is 2. The smallest absolute Gasteiger partial charge is 0.334 e. The van der Waals surface area contributed by atoms with E-state index in [1.54, 1.807) is 18.2 Å². The second kappa shape index (κ2) is 6.76. The van der Waals surface area contributed by atoms with Crippen LogP contribution in [0.4, 0.5) is 10.5 Å². The SMILES string of the molecule is O=C(NCC(O)C(=O)O)Nc1ccc(Cl)cc1I. The van der Waals surface area contributed by atoms with E-state index in [2.05, 4.69) is 10.6 Å². The van der Waals surface area contributed by atoms with E-state index >= 15 is 0 Å². The molecule has 98 valence electrons. The Morgan fingerprint density at radius 1 is 1.44 bits per heavy atom. The van der Waals surface area contributed by atoms with Crippen molar-refractivity contribution in [3.8, 4) is 0 Å². The molecule has 1 rings (SSSR count). The molecule has 0 aromatic heterocycles. The fourth-order valence-electron chi connectivity index (χ4n) is 1.03. The van der Waals surface area contributed by atoms with Crippen LogP contribution in [0, 0.1) is 3.57 Å². The first kappa shape index (κ1) is 15.0. The molecule has 1 unspecified atom stereocenters. The summed E-state index contributed by atoms with van der Waals surface area (Å²) in [5.41, 5.74) is 0.544. The van der Waals surface area contributed by atoms with Crippen molar-refractivity contribution in [2.24, 2.45) is 0 Å². The van der Waals surface area contributed by atoms with Gasteiger partial charge in [0.15, 0.2) is 6.10 Å². The lowest BCUT2D eigenvalue weighted by atomic mass is 10.3. The lowest BCUT2D eigenvalue weighted by molar-refractivity contribution is -0.146. The molecule has 1 atom stereocenters. The molecule has 0 aliphatic carbocycles. The lowest BCUT2D eigenvalue weighted by Crippen LogP contribution is -2.38. The fraction of sp³-hybridized carbons (Fsp3) is 0.200. The van der Waals surface area contributed by atoms with Crippen LogP contribution in [-0.2, 0) is 4.79 Å². The van der Waals surface area contributed by atoms with Gasteiger partial charge in [0.1, 0.15) is 0 Å². The standard InChI is InChI=1S/C10H10ClIN2O4/c11-5-1-2-7(6(12)3-5)14-10(18)13-4-8(15)9(16)17/h1-3,8,15H,4H2,(H,16,17)(H2,13,14,18). The van der Waals surface area contributed by atoms with Crippen LogP contribution in [0.5, 0.6) is 0 Å². The molecule has 0 spiro atoms. The summed E-state index contributed by atoms with van der Waals surface area (Å²) in [5.74, 6) is -1.39. The number of hydrogen-bond donors (Lipinski definition) is 4. The number of aliphatic carboxylic acids is 1. The molecular formula is C10H10ClIN2O4. The minimum atomic E-state index is -1.62. The van der Waals surface area contributed by atoms with Crippen LogP contribution in [0.25, 0.3) is 0 Å². The Morgan fingerprint density at radius 2 is 2.11 bits per heavy atom. The van der Waals surface area contributed by atoms with Crippen LogP contribution in [0.3, 0.4) is 0 Å². The number of benzene rings is 1. The molecule has 1 aromatic carbocycles. The quantitative estimate of drug-likeness (QED) is 0.592. The number of urea groups is 1. The van der Waals surface area contributed by atoms with Crippen molar-refractivity contribution < 1.29 is 19.8 Å². The van der Waals surface area contributed by atoms with Gasteiger partial charge in [0.25, 0.3) is 0 Å². The van der Waals surface area contributed by atoms with Crippen molar-refractivity contribution in [3.63, 3.8) is 0 Å². The topological polar surface area (TPSA) is 98.7 Å². The zero-order valence-electron chi connectivity index (χ0n) is 8.98. The minimum Gasteiger partial charge on any atom is -0.479 e. The maximum Gasteiger partial charge on any atom is 0.334 e. The van der Waals surface area contributed by atoms with Gasteiger partial charge in [-0.2, -0.15) is 0 Å². The van der Waals surface area contributed by atoms with Crippen molar-refractivity contribution in [2.75, 3.05) is 11.9 Å². The fourth-order valence-corrected chi connectivity index (χ4v) is 2.04. The van der Waals surface area contributed by atoms with Crippen molar-refractivity contribution in [1.82, 2.24) is 5.32 Å². The van der Waals surface area contributed by atoms with Crippen LogP contribution in [0.15, 0.2) is 18.2 Å². The predicted molar refractivity (Wildman–Crippen MR) is 74.8 cm³/mol. The van der Waals surface area contributed by atoms with Crippen molar-refractivity contribution in [1.29, 1.82) is 0 Å². The first-order valence-corrected chi connectivity index (χ1v) is 6.26. The van der Waals surface area contributed by atoms with Gasteiger partial charge in [-0.1, -0.05) is 11.6 Å². The Morgan fingerprint density at radius 3 is 2.67 bits per heavy atom. The van der Waals surface area contributed by atoms with Gasteiger partial charge in [0, 0.05) is 8.59 Å². The summed E-state index contributed by atoms with van der Waals surface area (Å²) in [4.78, 5) is 21.7. The average molecular weight is 385 g/mol. The molecule has 0 saturated heterocycles. The number of rotatable bonds is 4. The Hall–Kier alpha value is -1.06. The summed E-state index contributed by atoms with van der Waals surface area (Å²) in [6.45, 7) is -0.370. The Kier molecular flexibility index (Phi) is 5.63. The molecule has 0 bridgehead atoms. The van der Waals surface area contributed by atoms with E-state index in [1.165, 1.54) is 0 Å². The highest BCUT2D eigenvalue weighted by atomic mass is 127. The van der Waals surface area contributed by atoms with E-state index in [4.69, 9.17) is 21.8 Å². The highest BCUT2D eigenvalue weighted by molar-refractivity contribution is 14.1. The number of halogens is 2. The van der Waals surface area contributed by atoms with Gasteiger partial charge in [-0.15, -0.1) is 0 Å². The van der Waals surface area contributed by atoms with Crippen LogP contribution < -0.4 is 10.6 Å². The largest absolute Gasteiger partial charge is 0.479 e. The summed E-state index contributed by atoms with van der Waals surface area (Å²) in [7, 11) is 0. The second-order valence-corrected chi connectivity index (χ2v) is 4.91. The molecule has 1 aromatic rings. The van der Waals surface area contributed by atoms with Gasteiger partial charge in [0.05, 0.1) is 12.2 Å². The molecule has 2 amide bonds. The third-order valence-electron chi connectivity index (χ3n) is 1.92. The van der Waals surface area contributed by atoms with Gasteiger partial charge < -0.3 is 20.8 Å². The zero-order chi connectivity index (χ0) is 13.7. The lowest BCUT2D eigenvalue weighted by Gasteiger charge is -2.10. The molecule has 0 aliphatic rings. The van der Waals surface area contributed by atoms with Gasteiger partial charge in [-0.3, -0.25) is 0 Å². The number of anilines is 1. The maximum atomic E-state index is 11.4. The van der Waals surface area contributed by atoms with E-state index in [0.717, 1.165) is 3.57 Å². The Balaban J connectivity index is 2.52. The molecule has 0 saturated carbocycles. The molecule has 0 heterocycles. The molecule has 6 nitrogen and oxygen atoms in total. The normalized spacial score (nSPS) is 11.7. The molecule has 4 N–H and O–H groups in total. The highest BCUT2D eigenvalue weighted by Gasteiger charge is 2.14. The molecule has 0 fully saturated rings. The monoisotopic (exact) mass is 384 g/mol. The summed E-state index contributed by atoms with van der Waals surface area (Å²) in [6, 6.07) is 4.31. The summed E-state index contributed by atoms with van der Waals surface area (Å²) < 4.78 is 0.744. The average Bonchev–Trinajstić information content (AvgIpc) is 2.29. The zero-order valence-corrected chi connectivity index (χ0v) is 11.9. The minimum absolute atomic E-state index is 0.370. The Bertz CT molecular complexity index is 469. The first-order chi connectivity index (χ1) is 8.40. The van der Waals surface area contributed by atoms with E-state index in [-0.39, 0.29) is 6.54 Å². The summed E-state index contributed by atoms with van der Waals surface area (Å²) in [6.07, 6.45) is -1.62. The number of aliphatic hydroxyl groups excluding tert-OH is 1. The summed E-state index contributed by atoms with van der Waals surface area (Å²) in [5, 5.41) is 22.7. The van der Waals surface area contributed by atoms with Crippen molar-refractivity contribution in [3.05, 3.63) is 26.8 Å². The third kappa shape index (κ3) is 4.67. The van der Waals surface area contributed by atoms with Crippen LogP contribution in [-0.4, -0.2) is 34.9 Å². The number of hydrogen-bond acceptors (Lipinski definition) is 3. The number of carboxylic acid groups (broad SMARTS) is 1. The van der Waals surface area contributed by atoms with E-state index in [1.807, 2.05) is 22.6 Å². The number of carboxylic acids is 1. The molecular weight excluding hydrogens is 374 g/mol. The number of carbonyl (C=O) groups excluding carboxylic acids is 1. The molecule has 0 aliphatic heterocycles. The van der Waals surface area contributed by atoms with Gasteiger partial charge in [0.2, 0.25) is 0 Å². The van der Waals surface area contributed by atoms with E-state index in [9.17, 15) is 9.59 Å². The third-order valence-corrected chi connectivity index (χ3v) is 3.05. The molecule has 18 heavy (non-hydrogen) atoms. The van der Waals surface area contributed by atoms with Gasteiger partial charge in [-0.05, 0) is 40.8 Å². The Labute approximate surface area is 121 Å². The highest BCUT2D eigenvalue weighted by Crippen LogP contribution is 2.21. The van der Waals surface area contributed by atoms with Crippen molar-refractivity contribution in [2.45, 2.75) is 6.10 Å². The van der Waals surface area contributed by atoms with Crippen molar-refractivity contribution >= 4 is 51.9 Å². The summed E-state index contributed by atoms with van der Waals surface area (Å²) >= 11 is 7.76. The number of nitrogens with one attached hydrogen (secondary N) is 2. The van der Waals surface area contributed by atoms with E-state index < -0.39 is 18.1 Å². The number of carbonyl (C=O) groups is 2. The first-order valence-electron chi connectivity index (χ1n) is 4.81.